The summed E-state index contributed by atoms with van der Waals surface area (Å²) in [5, 5.41) is 2.51. The number of aromatic amines is 1. The molecule has 1 N–H and O–H groups in total. The van der Waals surface area contributed by atoms with E-state index in [1.807, 2.05) is 0 Å². The highest BCUT2D eigenvalue weighted by Crippen LogP contribution is 2.39. The molecule has 5 aromatic rings. The van der Waals surface area contributed by atoms with E-state index >= 15 is 0 Å². The Morgan fingerprint density at radius 1 is 0.630 bits per heavy atom. The number of benzene rings is 4. The van der Waals surface area contributed by atoms with Gasteiger partial charge in [-0.2, -0.15) is 0 Å². The van der Waals surface area contributed by atoms with Gasteiger partial charge in [0.05, 0.1) is 0 Å². The molecule has 0 atom stereocenters. The largest absolute Gasteiger partial charge is 0.354 e. The molecule has 0 radical (unpaired) electrons. The maximum atomic E-state index is 3.58. The van der Waals surface area contributed by atoms with Gasteiger partial charge in [0, 0.05) is 45.8 Å². The number of rotatable bonds is 3. The standard InChI is InChI=1S/C25H20N2/c1-27(19-12-6-3-7-13-19)25-17-22-20-14-8-9-15-23(20)26-24(22)16-21(25)18-10-4-2-5-11-18/h2-17,26H,1H3. The number of hydrogen-bond donors (Lipinski definition) is 1. The van der Waals surface area contributed by atoms with Crippen molar-refractivity contribution in [1.29, 1.82) is 0 Å². The average molecular weight is 348 g/mol. The summed E-state index contributed by atoms with van der Waals surface area (Å²) in [7, 11) is 2.14. The van der Waals surface area contributed by atoms with Gasteiger partial charge in [0.1, 0.15) is 0 Å². The maximum absolute atomic E-state index is 3.58. The Morgan fingerprint density at radius 3 is 2.07 bits per heavy atom. The van der Waals surface area contributed by atoms with E-state index in [0.717, 1.165) is 0 Å². The van der Waals surface area contributed by atoms with Crippen molar-refractivity contribution in [3.05, 3.63) is 97.1 Å². The first-order chi connectivity index (χ1) is 13.3. The van der Waals surface area contributed by atoms with E-state index < -0.39 is 0 Å². The van der Waals surface area contributed by atoms with Crippen LogP contribution in [0.1, 0.15) is 0 Å². The zero-order valence-electron chi connectivity index (χ0n) is 15.2. The van der Waals surface area contributed by atoms with Crippen molar-refractivity contribution in [2.45, 2.75) is 0 Å². The van der Waals surface area contributed by atoms with Crippen LogP contribution < -0.4 is 4.90 Å². The van der Waals surface area contributed by atoms with Crippen molar-refractivity contribution in [1.82, 2.24) is 4.98 Å². The van der Waals surface area contributed by atoms with E-state index in [4.69, 9.17) is 0 Å². The molecule has 0 unspecified atom stereocenters. The quantitative estimate of drug-likeness (QED) is 0.382. The molecule has 1 aromatic heterocycles. The summed E-state index contributed by atoms with van der Waals surface area (Å²) in [6.45, 7) is 0. The Balaban J connectivity index is 1.81. The van der Waals surface area contributed by atoms with Gasteiger partial charge in [-0.3, -0.25) is 0 Å². The molecule has 27 heavy (non-hydrogen) atoms. The van der Waals surface area contributed by atoms with Gasteiger partial charge in [0.2, 0.25) is 0 Å². The molecule has 5 rings (SSSR count). The molecule has 0 spiro atoms. The van der Waals surface area contributed by atoms with Crippen LogP contribution in [0.15, 0.2) is 97.1 Å². The fraction of sp³-hybridized carbons (Fsp3) is 0.0400. The lowest BCUT2D eigenvalue weighted by molar-refractivity contribution is 1.21. The molecule has 4 aromatic carbocycles. The number of hydrogen-bond acceptors (Lipinski definition) is 1. The predicted molar refractivity (Wildman–Crippen MR) is 116 cm³/mol. The van der Waals surface area contributed by atoms with Crippen LogP contribution in [0.2, 0.25) is 0 Å². The molecule has 0 aliphatic carbocycles. The predicted octanol–water partition coefficient (Wildman–Crippen LogP) is 6.76. The second-order valence-corrected chi connectivity index (χ2v) is 6.85. The molecule has 0 aliphatic rings. The Labute approximate surface area is 158 Å². The summed E-state index contributed by atoms with van der Waals surface area (Å²) in [5.41, 5.74) is 7.15. The van der Waals surface area contributed by atoms with E-state index in [1.54, 1.807) is 0 Å². The van der Waals surface area contributed by atoms with Crippen LogP contribution >= 0.6 is 0 Å². The number of aromatic nitrogens is 1. The minimum absolute atomic E-state index is 1.17. The van der Waals surface area contributed by atoms with Gasteiger partial charge < -0.3 is 9.88 Å². The number of nitrogens with one attached hydrogen (secondary N) is 1. The summed E-state index contributed by atoms with van der Waals surface area (Å²) in [5.74, 6) is 0. The first-order valence-electron chi connectivity index (χ1n) is 9.20. The van der Waals surface area contributed by atoms with Gasteiger partial charge in [0.25, 0.3) is 0 Å². The number of H-pyrrole nitrogens is 1. The van der Waals surface area contributed by atoms with Crippen molar-refractivity contribution < 1.29 is 0 Å². The normalized spacial score (nSPS) is 11.1. The molecule has 2 nitrogen and oxygen atoms in total. The highest BCUT2D eigenvalue weighted by Gasteiger charge is 2.15. The van der Waals surface area contributed by atoms with Gasteiger partial charge in [-0.25, -0.2) is 0 Å². The third-order valence-corrected chi connectivity index (χ3v) is 5.21. The van der Waals surface area contributed by atoms with Gasteiger partial charge in [-0.15, -0.1) is 0 Å². The summed E-state index contributed by atoms with van der Waals surface area (Å²) in [6.07, 6.45) is 0. The van der Waals surface area contributed by atoms with Crippen LogP contribution in [0, 0.1) is 0 Å². The third kappa shape index (κ3) is 2.67. The topological polar surface area (TPSA) is 19.0 Å². The van der Waals surface area contributed by atoms with Crippen molar-refractivity contribution in [3.8, 4) is 11.1 Å². The van der Waals surface area contributed by atoms with E-state index in [1.165, 1.54) is 44.3 Å². The highest BCUT2D eigenvalue weighted by molar-refractivity contribution is 6.10. The minimum atomic E-state index is 1.17. The Kier molecular flexibility index (Phi) is 3.68. The van der Waals surface area contributed by atoms with E-state index in [9.17, 15) is 0 Å². The van der Waals surface area contributed by atoms with E-state index in [2.05, 4.69) is 114 Å². The fourth-order valence-corrected chi connectivity index (χ4v) is 3.80. The monoisotopic (exact) mass is 348 g/mol. The first kappa shape index (κ1) is 15.7. The second-order valence-electron chi connectivity index (χ2n) is 6.85. The molecule has 0 amide bonds. The molecule has 0 fully saturated rings. The van der Waals surface area contributed by atoms with Crippen molar-refractivity contribution >= 4 is 33.2 Å². The molecule has 0 saturated carbocycles. The number of fused-ring (bicyclic) bond motifs is 3. The van der Waals surface area contributed by atoms with E-state index in [0.29, 0.717) is 0 Å². The van der Waals surface area contributed by atoms with E-state index in [-0.39, 0.29) is 0 Å². The first-order valence-corrected chi connectivity index (χ1v) is 9.20. The summed E-state index contributed by atoms with van der Waals surface area (Å²) >= 11 is 0. The van der Waals surface area contributed by atoms with Gasteiger partial charge in [-0.05, 0) is 35.9 Å². The van der Waals surface area contributed by atoms with Crippen LogP contribution in [0.25, 0.3) is 32.9 Å². The van der Waals surface area contributed by atoms with Crippen LogP contribution in [-0.4, -0.2) is 12.0 Å². The molecular weight excluding hydrogens is 328 g/mol. The Morgan fingerprint density at radius 2 is 1.30 bits per heavy atom. The van der Waals surface area contributed by atoms with Crippen LogP contribution in [0.3, 0.4) is 0 Å². The molecule has 130 valence electrons. The number of anilines is 2. The number of nitrogens with zero attached hydrogens (tertiary/aromatic N) is 1. The molecule has 2 heteroatoms. The fourth-order valence-electron chi connectivity index (χ4n) is 3.80. The van der Waals surface area contributed by atoms with Gasteiger partial charge in [0.15, 0.2) is 0 Å². The molecular formula is C25H20N2. The highest BCUT2D eigenvalue weighted by atomic mass is 15.1. The number of para-hydroxylation sites is 2. The molecule has 0 bridgehead atoms. The third-order valence-electron chi connectivity index (χ3n) is 5.21. The molecule has 0 aliphatic heterocycles. The van der Waals surface area contributed by atoms with Gasteiger partial charge >= 0.3 is 0 Å². The zero-order chi connectivity index (χ0) is 18.2. The zero-order valence-corrected chi connectivity index (χ0v) is 15.2. The van der Waals surface area contributed by atoms with Crippen molar-refractivity contribution in [3.63, 3.8) is 0 Å². The van der Waals surface area contributed by atoms with Crippen LogP contribution in [-0.2, 0) is 0 Å². The molecule has 0 saturated heterocycles. The lowest BCUT2D eigenvalue weighted by atomic mass is 10.00. The summed E-state index contributed by atoms with van der Waals surface area (Å²) in [6, 6.07) is 34.2. The maximum Gasteiger partial charge on any atom is 0.0495 e. The van der Waals surface area contributed by atoms with Crippen molar-refractivity contribution in [2.75, 3.05) is 11.9 Å². The smallest absolute Gasteiger partial charge is 0.0495 e. The SMILES string of the molecule is CN(c1ccccc1)c1cc2c(cc1-c1ccccc1)[nH]c1ccccc12. The minimum Gasteiger partial charge on any atom is -0.354 e. The lowest BCUT2D eigenvalue weighted by Gasteiger charge is -2.23. The summed E-state index contributed by atoms with van der Waals surface area (Å²) in [4.78, 5) is 5.84. The van der Waals surface area contributed by atoms with Gasteiger partial charge in [-0.1, -0.05) is 66.7 Å². The van der Waals surface area contributed by atoms with Crippen LogP contribution in [0.5, 0.6) is 0 Å². The molecule has 1 heterocycles. The van der Waals surface area contributed by atoms with Crippen molar-refractivity contribution in [2.24, 2.45) is 0 Å². The Bertz CT molecular complexity index is 1220. The second kappa shape index (κ2) is 6.33. The lowest BCUT2D eigenvalue weighted by Crippen LogP contribution is -2.10. The Hall–Kier alpha value is -3.52. The summed E-state index contributed by atoms with van der Waals surface area (Å²) < 4.78 is 0. The van der Waals surface area contributed by atoms with Crippen LogP contribution in [0.4, 0.5) is 11.4 Å². The average Bonchev–Trinajstić information content (AvgIpc) is 3.11.